The average Bonchev–Trinajstić information content (AvgIpc) is 2.80. The van der Waals surface area contributed by atoms with Crippen molar-refractivity contribution in [3.05, 3.63) is 40.2 Å². The molecule has 0 amide bonds. The van der Waals surface area contributed by atoms with Crippen LogP contribution < -0.4 is 10.3 Å². The lowest BCUT2D eigenvalue weighted by Crippen LogP contribution is -2.20. The predicted octanol–water partition coefficient (Wildman–Crippen LogP) is 2.28. The van der Waals surface area contributed by atoms with E-state index in [4.69, 9.17) is 4.74 Å². The maximum absolute atomic E-state index is 12.2. The van der Waals surface area contributed by atoms with Crippen molar-refractivity contribution < 1.29 is 4.74 Å². The van der Waals surface area contributed by atoms with Gasteiger partial charge in [-0.05, 0) is 6.07 Å². The Labute approximate surface area is 113 Å². The van der Waals surface area contributed by atoms with E-state index in [1.165, 1.54) is 0 Å². The van der Waals surface area contributed by atoms with Gasteiger partial charge in [-0.2, -0.15) is 0 Å². The van der Waals surface area contributed by atoms with Gasteiger partial charge in [0, 0.05) is 28.8 Å². The van der Waals surface area contributed by atoms with Gasteiger partial charge in [0.2, 0.25) is 0 Å². The Morgan fingerprint density at radius 3 is 3.00 bits per heavy atom. The maximum atomic E-state index is 12.2. The molecule has 4 heteroatoms. The number of ether oxygens (including phenoxy) is 1. The third-order valence-corrected chi connectivity index (χ3v) is 4.23. The number of rotatable bonds is 1. The molecule has 1 unspecified atom stereocenters. The van der Waals surface area contributed by atoms with Gasteiger partial charge < -0.3 is 9.30 Å². The fourth-order valence-electron chi connectivity index (χ4n) is 2.38. The summed E-state index contributed by atoms with van der Waals surface area (Å²) in [6, 6.07) is 8.01. The van der Waals surface area contributed by atoms with Gasteiger partial charge in [-0.1, -0.05) is 40.8 Å². The Kier molecular flexibility index (Phi) is 2.61. The van der Waals surface area contributed by atoms with Gasteiger partial charge in [0.1, 0.15) is 6.10 Å². The maximum Gasteiger partial charge on any atom is 0.293 e. The van der Waals surface area contributed by atoms with Crippen molar-refractivity contribution in [2.45, 2.75) is 12.5 Å². The second-order valence-corrected chi connectivity index (χ2v) is 5.17. The minimum atomic E-state index is -0.0222. The van der Waals surface area contributed by atoms with Gasteiger partial charge >= 0.3 is 0 Å². The zero-order chi connectivity index (χ0) is 12.0. The molecule has 3 rings (SSSR count). The Morgan fingerprint density at radius 1 is 1.47 bits per heavy atom. The summed E-state index contributed by atoms with van der Waals surface area (Å²) < 4.78 is 8.31. The number of halogens is 1. The molecule has 0 radical (unpaired) electrons. The third kappa shape index (κ3) is 1.57. The first-order chi connectivity index (χ1) is 8.22. The lowest BCUT2D eigenvalue weighted by Gasteiger charge is -2.08. The van der Waals surface area contributed by atoms with Crippen molar-refractivity contribution >= 4 is 33.5 Å². The largest absolute Gasteiger partial charge is 0.483 e. The van der Waals surface area contributed by atoms with E-state index < -0.39 is 0 Å². The number of nitrogens with zero attached hydrogens (tertiary/aromatic N) is 1. The van der Waals surface area contributed by atoms with E-state index in [0.29, 0.717) is 5.75 Å². The number of hydrogen-bond donors (Lipinski definition) is 0. The summed E-state index contributed by atoms with van der Waals surface area (Å²) in [6.45, 7) is 0. The van der Waals surface area contributed by atoms with Crippen molar-refractivity contribution in [2.24, 2.45) is 7.05 Å². The van der Waals surface area contributed by atoms with E-state index in [0.717, 1.165) is 27.3 Å². The summed E-state index contributed by atoms with van der Waals surface area (Å²) in [5, 5.41) is 1.14. The topological polar surface area (TPSA) is 31.2 Å². The van der Waals surface area contributed by atoms with Gasteiger partial charge in [0.25, 0.3) is 5.56 Å². The molecule has 0 fully saturated rings. The average molecular weight is 341 g/mol. The number of hydrogen-bond acceptors (Lipinski definition) is 2. The molecule has 1 atom stereocenters. The summed E-state index contributed by atoms with van der Waals surface area (Å²) >= 11 is 2.30. The molecule has 1 aliphatic rings. The quantitative estimate of drug-likeness (QED) is 0.589. The van der Waals surface area contributed by atoms with Gasteiger partial charge in [-0.3, -0.25) is 4.79 Å². The Bertz CT molecular complexity index is 648. The molecule has 0 bridgehead atoms. The van der Waals surface area contributed by atoms with E-state index in [9.17, 15) is 4.79 Å². The summed E-state index contributed by atoms with van der Waals surface area (Å²) in [5.41, 5.74) is 2.03. The summed E-state index contributed by atoms with van der Waals surface area (Å²) in [7, 11) is 1.80. The minimum absolute atomic E-state index is 0.0222. The van der Waals surface area contributed by atoms with Crippen LogP contribution in [-0.2, 0) is 13.5 Å². The highest BCUT2D eigenvalue weighted by molar-refractivity contribution is 14.1. The summed E-state index contributed by atoms with van der Waals surface area (Å²) in [6.07, 6.45) is 0.985. The van der Waals surface area contributed by atoms with Crippen LogP contribution in [0.3, 0.4) is 0 Å². The second kappa shape index (κ2) is 4.01. The Morgan fingerprint density at radius 2 is 2.24 bits per heavy atom. The highest BCUT2D eigenvalue weighted by Crippen LogP contribution is 2.32. The van der Waals surface area contributed by atoms with Gasteiger partial charge in [0.15, 0.2) is 5.75 Å². The van der Waals surface area contributed by atoms with E-state index in [-0.39, 0.29) is 11.7 Å². The van der Waals surface area contributed by atoms with Crippen molar-refractivity contribution in [1.29, 1.82) is 0 Å². The number of aromatic nitrogens is 1. The van der Waals surface area contributed by atoms with Crippen molar-refractivity contribution in [3.63, 3.8) is 0 Å². The van der Waals surface area contributed by atoms with Crippen LogP contribution in [0.15, 0.2) is 29.1 Å². The van der Waals surface area contributed by atoms with E-state index in [2.05, 4.69) is 28.7 Å². The Hall–Kier alpha value is -1.04. The lowest BCUT2D eigenvalue weighted by atomic mass is 10.0. The first-order valence-electron chi connectivity index (χ1n) is 5.55. The van der Waals surface area contributed by atoms with Crippen LogP contribution in [0.5, 0.6) is 5.75 Å². The number of aryl methyl sites for hydroxylation is 1. The van der Waals surface area contributed by atoms with Gasteiger partial charge in [-0.25, -0.2) is 0 Å². The first-order valence-corrected chi connectivity index (χ1v) is 7.08. The molecule has 3 nitrogen and oxygen atoms in total. The van der Waals surface area contributed by atoms with Crippen molar-refractivity contribution in [3.8, 4) is 5.75 Å². The zero-order valence-corrected chi connectivity index (χ0v) is 11.6. The zero-order valence-electron chi connectivity index (χ0n) is 9.44. The SMILES string of the molecule is Cn1c(=O)c2c(c3ccccc31)CC(CI)O2. The van der Waals surface area contributed by atoms with Crippen molar-refractivity contribution in [2.75, 3.05) is 4.43 Å². The van der Waals surface area contributed by atoms with Gasteiger partial charge in [0.05, 0.1) is 5.52 Å². The fraction of sp³-hybridized carbons (Fsp3) is 0.308. The van der Waals surface area contributed by atoms with Crippen LogP contribution in [0.1, 0.15) is 5.56 Å². The van der Waals surface area contributed by atoms with Crippen LogP contribution in [0.25, 0.3) is 10.9 Å². The Balaban J connectivity index is 2.37. The number of benzene rings is 1. The molecule has 1 aromatic carbocycles. The van der Waals surface area contributed by atoms with E-state index in [1.54, 1.807) is 11.6 Å². The third-order valence-electron chi connectivity index (χ3n) is 3.25. The minimum Gasteiger partial charge on any atom is -0.483 e. The number of fused-ring (bicyclic) bond motifs is 3. The molecule has 0 N–H and O–H groups in total. The molecular formula is C13H12INO2. The molecule has 0 spiro atoms. The number of alkyl halides is 1. The highest BCUT2D eigenvalue weighted by atomic mass is 127. The lowest BCUT2D eigenvalue weighted by molar-refractivity contribution is 0.258. The van der Waals surface area contributed by atoms with Crippen LogP contribution in [0.2, 0.25) is 0 Å². The molecule has 1 aromatic heterocycles. The van der Waals surface area contributed by atoms with Crippen LogP contribution in [-0.4, -0.2) is 15.1 Å². The van der Waals surface area contributed by atoms with E-state index in [1.807, 2.05) is 18.2 Å². The number of para-hydroxylation sites is 1. The van der Waals surface area contributed by atoms with Crippen LogP contribution >= 0.6 is 22.6 Å². The van der Waals surface area contributed by atoms with Gasteiger partial charge in [-0.15, -0.1) is 0 Å². The molecule has 1 aliphatic heterocycles. The molecule has 17 heavy (non-hydrogen) atoms. The summed E-state index contributed by atoms with van der Waals surface area (Å²) in [5.74, 6) is 0.549. The fourth-order valence-corrected chi connectivity index (χ4v) is 2.87. The number of pyridine rings is 1. The standard InChI is InChI=1S/C13H12INO2/c1-15-11-5-3-2-4-9(11)10-6-8(7-14)17-12(10)13(15)16/h2-5,8H,6-7H2,1H3. The van der Waals surface area contributed by atoms with Crippen LogP contribution in [0.4, 0.5) is 0 Å². The monoisotopic (exact) mass is 341 g/mol. The molecule has 0 saturated carbocycles. The summed E-state index contributed by atoms with van der Waals surface area (Å²) in [4.78, 5) is 12.2. The molecule has 88 valence electrons. The molecule has 0 saturated heterocycles. The van der Waals surface area contributed by atoms with E-state index >= 15 is 0 Å². The molecular weight excluding hydrogens is 329 g/mol. The highest BCUT2D eigenvalue weighted by Gasteiger charge is 2.27. The normalized spacial score (nSPS) is 18.1. The molecule has 0 aliphatic carbocycles. The van der Waals surface area contributed by atoms with Crippen molar-refractivity contribution in [1.82, 2.24) is 4.57 Å². The second-order valence-electron chi connectivity index (χ2n) is 4.29. The predicted molar refractivity (Wildman–Crippen MR) is 76.2 cm³/mol. The molecule has 2 aromatic rings. The molecule has 2 heterocycles. The van der Waals surface area contributed by atoms with Crippen LogP contribution in [0, 0.1) is 0 Å². The smallest absolute Gasteiger partial charge is 0.293 e. The first kappa shape index (κ1) is 11.1.